The molecule has 1 aliphatic carbocycles. The van der Waals surface area contributed by atoms with E-state index < -0.39 is 11.9 Å². The molecule has 1 atom stereocenters. The highest BCUT2D eigenvalue weighted by Gasteiger charge is 2.34. The first-order chi connectivity index (χ1) is 11.3. The SMILES string of the molecule is C[C@H](C(=O)NC1CC1)N1CCN(c2cccc(C(F)(F)F)n2)CC1. The van der Waals surface area contributed by atoms with E-state index >= 15 is 0 Å². The molecule has 2 fully saturated rings. The molecule has 1 amide bonds. The maximum atomic E-state index is 12.8. The highest BCUT2D eigenvalue weighted by Crippen LogP contribution is 2.29. The Morgan fingerprint density at radius 2 is 1.92 bits per heavy atom. The number of anilines is 1. The van der Waals surface area contributed by atoms with E-state index in [1.54, 1.807) is 6.07 Å². The van der Waals surface area contributed by atoms with Gasteiger partial charge in [-0.15, -0.1) is 0 Å². The van der Waals surface area contributed by atoms with Crippen molar-refractivity contribution in [2.75, 3.05) is 31.1 Å². The van der Waals surface area contributed by atoms with Gasteiger partial charge in [0.2, 0.25) is 5.91 Å². The summed E-state index contributed by atoms with van der Waals surface area (Å²) in [5.74, 6) is 0.364. The molecular formula is C16H21F3N4O. The van der Waals surface area contributed by atoms with Gasteiger partial charge in [-0.2, -0.15) is 13.2 Å². The van der Waals surface area contributed by atoms with Gasteiger partial charge >= 0.3 is 6.18 Å². The van der Waals surface area contributed by atoms with E-state index in [0.717, 1.165) is 18.9 Å². The zero-order valence-electron chi connectivity index (χ0n) is 13.5. The second-order valence-electron chi connectivity index (χ2n) is 6.36. The lowest BCUT2D eigenvalue weighted by atomic mass is 10.2. The van der Waals surface area contributed by atoms with Crippen LogP contribution in [0, 0.1) is 0 Å². The summed E-state index contributed by atoms with van der Waals surface area (Å²) in [4.78, 5) is 19.7. The van der Waals surface area contributed by atoms with Crippen LogP contribution >= 0.6 is 0 Å². The molecule has 0 unspecified atom stereocenters. The maximum Gasteiger partial charge on any atom is 0.433 e. The Labute approximate surface area is 138 Å². The van der Waals surface area contributed by atoms with Gasteiger partial charge < -0.3 is 10.2 Å². The van der Waals surface area contributed by atoms with Gasteiger partial charge in [-0.05, 0) is 31.9 Å². The molecule has 5 nitrogen and oxygen atoms in total. The van der Waals surface area contributed by atoms with Gasteiger partial charge in [-0.1, -0.05) is 6.07 Å². The molecule has 0 spiro atoms. The highest BCUT2D eigenvalue weighted by molar-refractivity contribution is 5.81. The predicted octanol–water partition coefficient (Wildman–Crippen LogP) is 1.89. The Bertz CT molecular complexity index is 595. The molecule has 1 N–H and O–H groups in total. The van der Waals surface area contributed by atoms with E-state index in [-0.39, 0.29) is 11.9 Å². The summed E-state index contributed by atoms with van der Waals surface area (Å²) in [6.45, 7) is 4.22. The molecule has 8 heteroatoms. The largest absolute Gasteiger partial charge is 0.433 e. The normalized spacial score (nSPS) is 20.8. The number of rotatable bonds is 4. The lowest BCUT2D eigenvalue weighted by Gasteiger charge is -2.38. The second-order valence-corrected chi connectivity index (χ2v) is 6.36. The minimum atomic E-state index is -4.44. The summed E-state index contributed by atoms with van der Waals surface area (Å²) in [6, 6.07) is 4.05. The number of hydrogen-bond donors (Lipinski definition) is 1. The van der Waals surface area contributed by atoms with Gasteiger partial charge in [0.1, 0.15) is 11.5 Å². The first-order valence-electron chi connectivity index (χ1n) is 8.18. The van der Waals surface area contributed by atoms with Crippen molar-refractivity contribution < 1.29 is 18.0 Å². The minimum absolute atomic E-state index is 0.0307. The van der Waals surface area contributed by atoms with Crippen molar-refractivity contribution in [1.82, 2.24) is 15.2 Å². The first-order valence-corrected chi connectivity index (χ1v) is 8.18. The summed E-state index contributed by atoms with van der Waals surface area (Å²) < 4.78 is 38.3. The van der Waals surface area contributed by atoms with Gasteiger partial charge in [0, 0.05) is 32.2 Å². The topological polar surface area (TPSA) is 48.5 Å². The van der Waals surface area contributed by atoms with E-state index in [9.17, 15) is 18.0 Å². The van der Waals surface area contributed by atoms with Crippen molar-refractivity contribution in [2.24, 2.45) is 0 Å². The average molecular weight is 342 g/mol. The molecule has 2 aliphatic rings. The van der Waals surface area contributed by atoms with E-state index in [1.165, 1.54) is 6.07 Å². The fourth-order valence-electron chi connectivity index (χ4n) is 2.81. The number of amides is 1. The number of piperazine rings is 1. The lowest BCUT2D eigenvalue weighted by molar-refractivity contribution is -0.141. The van der Waals surface area contributed by atoms with Gasteiger partial charge in [0.05, 0.1) is 6.04 Å². The zero-order valence-corrected chi connectivity index (χ0v) is 13.5. The maximum absolute atomic E-state index is 12.8. The zero-order chi connectivity index (χ0) is 17.3. The lowest BCUT2D eigenvalue weighted by Crippen LogP contribution is -2.54. The van der Waals surface area contributed by atoms with E-state index in [2.05, 4.69) is 15.2 Å². The molecule has 1 aromatic rings. The molecule has 1 aromatic heterocycles. The van der Waals surface area contributed by atoms with Crippen LogP contribution in [0.25, 0.3) is 0 Å². The first kappa shape index (κ1) is 17.0. The number of carbonyl (C=O) groups excluding carboxylic acids is 1. The van der Waals surface area contributed by atoms with Crippen molar-refractivity contribution in [1.29, 1.82) is 0 Å². The molecular weight excluding hydrogens is 321 g/mol. The second kappa shape index (κ2) is 6.58. The molecule has 1 saturated carbocycles. The van der Waals surface area contributed by atoms with E-state index in [1.807, 2.05) is 11.8 Å². The number of alkyl halides is 3. The molecule has 0 radical (unpaired) electrons. The summed E-state index contributed by atoms with van der Waals surface area (Å²) in [7, 11) is 0. The standard InChI is InChI=1S/C16H21F3N4O/c1-11(15(24)20-12-5-6-12)22-7-9-23(10-8-22)14-4-2-3-13(21-14)16(17,18)19/h2-4,11-12H,5-10H2,1H3,(H,20,24)/t11-/m1/s1. The Kier molecular flexibility index (Phi) is 4.67. The number of pyridine rings is 1. The van der Waals surface area contributed by atoms with Crippen LogP contribution in [-0.4, -0.2) is 54.1 Å². The predicted molar refractivity (Wildman–Crippen MR) is 83.7 cm³/mol. The van der Waals surface area contributed by atoms with Crippen LogP contribution in [0.1, 0.15) is 25.5 Å². The van der Waals surface area contributed by atoms with Crippen molar-refractivity contribution in [2.45, 2.75) is 38.0 Å². The van der Waals surface area contributed by atoms with Crippen LogP contribution in [0.4, 0.5) is 19.0 Å². The number of halogens is 3. The van der Waals surface area contributed by atoms with Crippen LogP contribution in [0.5, 0.6) is 0 Å². The van der Waals surface area contributed by atoms with Gasteiger partial charge in [-0.25, -0.2) is 4.98 Å². The van der Waals surface area contributed by atoms with Crippen LogP contribution < -0.4 is 10.2 Å². The van der Waals surface area contributed by atoms with E-state index in [0.29, 0.717) is 38.0 Å². The van der Waals surface area contributed by atoms with Crippen LogP contribution in [0.3, 0.4) is 0 Å². The third-order valence-corrected chi connectivity index (χ3v) is 4.51. The molecule has 1 saturated heterocycles. The van der Waals surface area contributed by atoms with Crippen molar-refractivity contribution in [3.63, 3.8) is 0 Å². The summed E-state index contributed by atoms with van der Waals surface area (Å²) in [5, 5.41) is 2.99. The third kappa shape index (κ3) is 3.98. The molecule has 132 valence electrons. The summed E-state index contributed by atoms with van der Waals surface area (Å²) >= 11 is 0. The monoisotopic (exact) mass is 342 g/mol. The molecule has 0 aromatic carbocycles. The Hall–Kier alpha value is -1.83. The molecule has 1 aliphatic heterocycles. The molecule has 24 heavy (non-hydrogen) atoms. The number of hydrogen-bond acceptors (Lipinski definition) is 4. The smallest absolute Gasteiger partial charge is 0.354 e. The van der Waals surface area contributed by atoms with Crippen molar-refractivity contribution in [3.8, 4) is 0 Å². The van der Waals surface area contributed by atoms with Gasteiger partial charge in [0.15, 0.2) is 0 Å². The van der Waals surface area contributed by atoms with Crippen LogP contribution in [-0.2, 0) is 11.0 Å². The van der Waals surface area contributed by atoms with E-state index in [4.69, 9.17) is 0 Å². The van der Waals surface area contributed by atoms with Crippen LogP contribution in [0.2, 0.25) is 0 Å². The van der Waals surface area contributed by atoms with Gasteiger partial charge in [-0.3, -0.25) is 9.69 Å². The fourth-order valence-corrected chi connectivity index (χ4v) is 2.81. The van der Waals surface area contributed by atoms with Crippen molar-refractivity contribution >= 4 is 11.7 Å². The number of carbonyl (C=O) groups is 1. The molecule has 2 heterocycles. The number of nitrogens with zero attached hydrogens (tertiary/aromatic N) is 3. The summed E-state index contributed by atoms with van der Waals surface area (Å²) in [5.41, 5.74) is -0.875. The Morgan fingerprint density at radius 1 is 1.25 bits per heavy atom. The molecule has 0 bridgehead atoms. The fraction of sp³-hybridized carbons (Fsp3) is 0.625. The highest BCUT2D eigenvalue weighted by atomic mass is 19.4. The summed E-state index contributed by atoms with van der Waals surface area (Å²) in [6.07, 6.45) is -2.34. The average Bonchev–Trinajstić information content (AvgIpc) is 3.37. The Balaban J connectivity index is 1.57. The van der Waals surface area contributed by atoms with Gasteiger partial charge in [0.25, 0.3) is 0 Å². The third-order valence-electron chi connectivity index (χ3n) is 4.51. The minimum Gasteiger partial charge on any atom is -0.354 e. The quantitative estimate of drug-likeness (QED) is 0.908. The number of aromatic nitrogens is 1. The van der Waals surface area contributed by atoms with Crippen molar-refractivity contribution in [3.05, 3.63) is 23.9 Å². The van der Waals surface area contributed by atoms with Crippen LogP contribution in [0.15, 0.2) is 18.2 Å². The number of nitrogens with one attached hydrogen (secondary N) is 1. The molecule has 3 rings (SSSR count). The Morgan fingerprint density at radius 3 is 2.50 bits per heavy atom.